The summed E-state index contributed by atoms with van der Waals surface area (Å²) in [5, 5.41) is 3.28. The SMILES string of the molecule is CNc1c(-c2cccn3c(C(=O)c4cc(F)c(N)c(F)c4)cc(I)c23)c(OC)cc2c1nc(COC)n2C. The number of carbonyl (C=O) groups is 1. The van der Waals surface area contributed by atoms with Gasteiger partial charge in [-0.15, -0.1) is 0 Å². The second-order valence-electron chi connectivity index (χ2n) is 8.67. The number of nitrogens with one attached hydrogen (secondary N) is 1. The molecule has 5 aromatic rings. The first-order chi connectivity index (χ1) is 18.2. The lowest BCUT2D eigenvalue weighted by Crippen LogP contribution is -2.08. The molecule has 0 spiro atoms. The zero-order chi connectivity index (χ0) is 27.3. The average Bonchev–Trinajstić information content (AvgIpc) is 3.41. The highest BCUT2D eigenvalue weighted by molar-refractivity contribution is 14.1. The van der Waals surface area contributed by atoms with Crippen LogP contribution in [-0.4, -0.2) is 41.0 Å². The number of anilines is 2. The van der Waals surface area contributed by atoms with Gasteiger partial charge in [0.1, 0.15) is 41.0 Å². The minimum atomic E-state index is -0.982. The maximum Gasteiger partial charge on any atom is 0.209 e. The number of carbonyl (C=O) groups excluding carboxylic acids is 1. The predicted molar refractivity (Wildman–Crippen MR) is 151 cm³/mol. The van der Waals surface area contributed by atoms with Crippen LogP contribution in [-0.2, 0) is 18.4 Å². The number of ketones is 1. The number of benzene rings is 2. The monoisotopic (exact) mass is 631 g/mol. The second kappa shape index (κ2) is 9.87. The van der Waals surface area contributed by atoms with Crippen LogP contribution in [0.3, 0.4) is 0 Å². The van der Waals surface area contributed by atoms with Crippen LogP contribution < -0.4 is 15.8 Å². The van der Waals surface area contributed by atoms with Crippen molar-refractivity contribution in [3.63, 3.8) is 0 Å². The van der Waals surface area contributed by atoms with E-state index in [1.54, 1.807) is 36.9 Å². The summed E-state index contributed by atoms with van der Waals surface area (Å²) < 4.78 is 43.8. The second-order valence-corrected chi connectivity index (χ2v) is 9.83. The fourth-order valence-electron chi connectivity index (χ4n) is 4.73. The summed E-state index contributed by atoms with van der Waals surface area (Å²) in [6.07, 6.45) is 1.74. The molecule has 0 aliphatic rings. The lowest BCUT2D eigenvalue weighted by atomic mass is 10.0. The van der Waals surface area contributed by atoms with Crippen LogP contribution in [0.2, 0.25) is 0 Å². The third-order valence-electron chi connectivity index (χ3n) is 6.56. The molecular weight excluding hydrogens is 607 g/mol. The van der Waals surface area contributed by atoms with Crippen molar-refractivity contribution in [2.75, 3.05) is 32.3 Å². The number of methoxy groups -OCH3 is 2. The molecule has 196 valence electrons. The molecule has 0 saturated heterocycles. The van der Waals surface area contributed by atoms with E-state index in [1.807, 2.05) is 30.8 Å². The maximum atomic E-state index is 14.1. The molecule has 0 aliphatic heterocycles. The van der Waals surface area contributed by atoms with E-state index in [2.05, 4.69) is 27.9 Å². The van der Waals surface area contributed by atoms with Gasteiger partial charge in [-0.1, -0.05) is 6.07 Å². The Morgan fingerprint density at radius 2 is 1.89 bits per heavy atom. The summed E-state index contributed by atoms with van der Waals surface area (Å²) in [6, 6.07) is 9.24. The summed E-state index contributed by atoms with van der Waals surface area (Å²) >= 11 is 2.15. The van der Waals surface area contributed by atoms with Crippen LogP contribution in [0.1, 0.15) is 21.9 Å². The Labute approximate surface area is 230 Å². The zero-order valence-corrected chi connectivity index (χ0v) is 23.2. The van der Waals surface area contributed by atoms with E-state index >= 15 is 0 Å². The van der Waals surface area contributed by atoms with E-state index in [0.29, 0.717) is 12.4 Å². The molecular formula is C27H24F2IN5O3. The average molecular weight is 631 g/mol. The molecule has 2 aromatic carbocycles. The number of nitrogens with two attached hydrogens (primary N) is 1. The molecule has 0 radical (unpaired) electrons. The lowest BCUT2D eigenvalue weighted by molar-refractivity contribution is 0.103. The number of nitrogens with zero attached hydrogens (tertiary/aromatic N) is 3. The summed E-state index contributed by atoms with van der Waals surface area (Å²) in [6.45, 7) is 0.343. The fraction of sp³-hybridized carbons (Fsp3) is 0.185. The first-order valence-electron chi connectivity index (χ1n) is 11.5. The van der Waals surface area contributed by atoms with Gasteiger partial charge in [-0.05, 0) is 46.9 Å². The zero-order valence-electron chi connectivity index (χ0n) is 21.0. The van der Waals surface area contributed by atoms with Gasteiger partial charge in [0.15, 0.2) is 0 Å². The largest absolute Gasteiger partial charge is 0.496 e. The molecule has 0 amide bonds. The molecule has 0 aliphatic carbocycles. The van der Waals surface area contributed by atoms with Crippen molar-refractivity contribution in [1.29, 1.82) is 0 Å². The molecule has 3 heterocycles. The van der Waals surface area contributed by atoms with E-state index in [1.165, 1.54) is 0 Å². The molecule has 0 unspecified atom stereocenters. The third kappa shape index (κ3) is 3.97. The Kier molecular flexibility index (Phi) is 6.73. The number of aromatic nitrogens is 3. The third-order valence-corrected chi connectivity index (χ3v) is 7.39. The van der Waals surface area contributed by atoms with Gasteiger partial charge in [-0.2, -0.15) is 0 Å². The molecule has 5 rings (SSSR count). The number of fused-ring (bicyclic) bond motifs is 2. The number of ether oxygens (including phenoxy) is 2. The maximum absolute atomic E-state index is 14.1. The lowest BCUT2D eigenvalue weighted by Gasteiger charge is -2.17. The highest BCUT2D eigenvalue weighted by Gasteiger charge is 2.25. The number of rotatable bonds is 7. The number of hydrogen-bond donors (Lipinski definition) is 2. The smallest absolute Gasteiger partial charge is 0.209 e. The summed E-state index contributed by atoms with van der Waals surface area (Å²) in [4.78, 5) is 18.2. The first kappa shape index (κ1) is 25.9. The van der Waals surface area contributed by atoms with Crippen LogP contribution in [0.25, 0.3) is 27.7 Å². The van der Waals surface area contributed by atoms with E-state index in [9.17, 15) is 13.6 Å². The van der Waals surface area contributed by atoms with Crippen molar-refractivity contribution in [2.24, 2.45) is 7.05 Å². The number of halogens is 3. The van der Waals surface area contributed by atoms with Gasteiger partial charge in [-0.25, -0.2) is 13.8 Å². The van der Waals surface area contributed by atoms with Crippen LogP contribution in [0, 0.1) is 15.2 Å². The number of aryl methyl sites for hydroxylation is 1. The fourth-order valence-corrected chi connectivity index (χ4v) is 5.57. The van der Waals surface area contributed by atoms with Gasteiger partial charge >= 0.3 is 0 Å². The molecule has 0 saturated carbocycles. The van der Waals surface area contributed by atoms with E-state index in [-0.39, 0.29) is 11.3 Å². The van der Waals surface area contributed by atoms with Crippen molar-refractivity contribution >= 4 is 56.3 Å². The predicted octanol–water partition coefficient (Wildman–Crippen LogP) is 5.39. The van der Waals surface area contributed by atoms with Gasteiger partial charge in [0.2, 0.25) is 5.78 Å². The van der Waals surface area contributed by atoms with Crippen LogP contribution in [0.5, 0.6) is 5.75 Å². The summed E-state index contributed by atoms with van der Waals surface area (Å²) in [5.41, 5.74) is 9.51. The van der Waals surface area contributed by atoms with Crippen molar-refractivity contribution in [1.82, 2.24) is 14.0 Å². The number of pyridine rings is 1. The summed E-state index contributed by atoms with van der Waals surface area (Å²) in [7, 11) is 6.94. The van der Waals surface area contributed by atoms with E-state index < -0.39 is 23.1 Å². The Balaban J connectivity index is 1.77. The Hall–Kier alpha value is -3.71. The highest BCUT2D eigenvalue weighted by Crippen LogP contribution is 2.44. The molecule has 3 N–H and O–H groups in total. The van der Waals surface area contributed by atoms with Crippen LogP contribution in [0.4, 0.5) is 20.2 Å². The van der Waals surface area contributed by atoms with Gasteiger partial charge < -0.3 is 29.5 Å². The molecule has 0 bridgehead atoms. The normalized spacial score (nSPS) is 11.4. The molecule has 11 heteroatoms. The Bertz CT molecular complexity index is 1720. The van der Waals surface area contributed by atoms with Crippen molar-refractivity contribution in [3.05, 3.63) is 74.9 Å². The van der Waals surface area contributed by atoms with Crippen molar-refractivity contribution in [3.8, 4) is 16.9 Å². The minimum Gasteiger partial charge on any atom is -0.496 e. The van der Waals surface area contributed by atoms with Gasteiger partial charge in [-0.3, -0.25) is 4.79 Å². The van der Waals surface area contributed by atoms with Crippen LogP contribution in [0.15, 0.2) is 42.6 Å². The van der Waals surface area contributed by atoms with E-state index in [0.717, 1.165) is 54.9 Å². The quantitative estimate of drug-likeness (QED) is 0.142. The number of nitrogen functional groups attached to an aromatic ring is 1. The van der Waals surface area contributed by atoms with Gasteiger partial charge in [0, 0.05) is 48.2 Å². The van der Waals surface area contributed by atoms with Crippen LogP contribution >= 0.6 is 22.6 Å². The van der Waals surface area contributed by atoms with Gasteiger partial charge in [0.05, 0.1) is 35.1 Å². The number of hydrogen-bond acceptors (Lipinski definition) is 6. The topological polar surface area (TPSA) is 95.8 Å². The number of imidazole rings is 1. The molecule has 8 nitrogen and oxygen atoms in total. The Morgan fingerprint density at radius 1 is 1.18 bits per heavy atom. The van der Waals surface area contributed by atoms with E-state index in [4.69, 9.17) is 20.2 Å². The first-order valence-corrected chi connectivity index (χ1v) is 12.6. The Morgan fingerprint density at radius 3 is 2.53 bits per heavy atom. The molecule has 0 atom stereocenters. The molecule has 3 aromatic heterocycles. The van der Waals surface area contributed by atoms with Gasteiger partial charge in [0.25, 0.3) is 0 Å². The molecule has 38 heavy (non-hydrogen) atoms. The van der Waals surface area contributed by atoms with Crippen molar-refractivity contribution in [2.45, 2.75) is 6.61 Å². The standard InChI is InChI=1S/C27H24F2IN5O3/c1-32-25-22(20(38-4)11-18-24(25)33-21(12-37-3)34(18)2)14-6-5-7-35-19(10-17(30)26(14)35)27(36)13-8-15(28)23(31)16(29)9-13/h5-11,32H,12,31H2,1-4H3. The minimum absolute atomic E-state index is 0.135. The highest BCUT2D eigenvalue weighted by atomic mass is 127. The van der Waals surface area contributed by atoms with Crippen molar-refractivity contribution < 1.29 is 23.0 Å². The molecule has 0 fully saturated rings. The summed E-state index contributed by atoms with van der Waals surface area (Å²) in [5.74, 6) is -1.14.